The third-order valence-corrected chi connectivity index (χ3v) is 4.16. The van der Waals surface area contributed by atoms with E-state index in [-0.39, 0.29) is 5.89 Å². The molecule has 1 fully saturated rings. The number of aromatic nitrogens is 2. The second-order valence-corrected chi connectivity index (χ2v) is 5.61. The fraction of sp³-hybridized carbons (Fsp3) is 0.750. The molecule has 2 rings (SSSR count). The summed E-state index contributed by atoms with van der Waals surface area (Å²) in [5.41, 5.74) is 0. The van der Waals surface area contributed by atoms with Crippen LogP contribution in [0.5, 0.6) is 0 Å². The van der Waals surface area contributed by atoms with E-state index in [0.29, 0.717) is 23.2 Å². The first kappa shape index (κ1) is 14.3. The van der Waals surface area contributed by atoms with Crippen LogP contribution >= 0.6 is 11.8 Å². The minimum absolute atomic E-state index is 0.0801. The molecular formula is C12H18N2O4S. The standard InChI is InChI=1S/C12H18N2O4S/c1-3-17-11(15)10-13-14-12(18-10)19-9-6-4-5-8(7-9)16-2/h8-9H,3-7H2,1-2H3. The second-order valence-electron chi connectivity index (χ2n) is 4.36. The zero-order chi connectivity index (χ0) is 13.7. The zero-order valence-corrected chi connectivity index (χ0v) is 11.9. The minimum atomic E-state index is -0.569. The van der Waals surface area contributed by atoms with E-state index in [4.69, 9.17) is 13.9 Å². The lowest BCUT2D eigenvalue weighted by atomic mass is 9.97. The van der Waals surface area contributed by atoms with Crippen LogP contribution in [-0.4, -0.2) is 41.2 Å². The first-order valence-corrected chi connectivity index (χ1v) is 7.31. The molecule has 1 aliphatic carbocycles. The van der Waals surface area contributed by atoms with Crippen molar-refractivity contribution in [2.45, 2.75) is 49.2 Å². The van der Waals surface area contributed by atoms with Crippen LogP contribution in [-0.2, 0) is 9.47 Å². The van der Waals surface area contributed by atoms with Gasteiger partial charge in [-0.05, 0) is 32.6 Å². The molecular weight excluding hydrogens is 268 g/mol. The lowest BCUT2D eigenvalue weighted by molar-refractivity contribution is 0.0474. The quantitative estimate of drug-likeness (QED) is 0.769. The molecule has 106 valence electrons. The molecule has 0 spiro atoms. The Morgan fingerprint density at radius 2 is 2.32 bits per heavy atom. The first-order chi connectivity index (χ1) is 9.22. The predicted octanol–water partition coefficient (Wildman–Crippen LogP) is 2.30. The van der Waals surface area contributed by atoms with Gasteiger partial charge in [-0.3, -0.25) is 0 Å². The van der Waals surface area contributed by atoms with Crippen LogP contribution in [0.1, 0.15) is 43.3 Å². The summed E-state index contributed by atoms with van der Waals surface area (Å²) in [6.45, 7) is 2.03. The Bertz CT molecular complexity index is 424. The Morgan fingerprint density at radius 3 is 3.05 bits per heavy atom. The van der Waals surface area contributed by atoms with Crippen molar-refractivity contribution in [3.8, 4) is 0 Å². The highest BCUT2D eigenvalue weighted by atomic mass is 32.2. The number of esters is 1. The number of thioether (sulfide) groups is 1. The Hall–Kier alpha value is -1.08. The van der Waals surface area contributed by atoms with Crippen molar-refractivity contribution in [3.63, 3.8) is 0 Å². The van der Waals surface area contributed by atoms with Gasteiger partial charge < -0.3 is 13.9 Å². The summed E-state index contributed by atoms with van der Waals surface area (Å²) in [6.07, 6.45) is 4.61. The molecule has 0 aromatic carbocycles. The van der Waals surface area contributed by atoms with Gasteiger partial charge in [0.05, 0.1) is 12.7 Å². The minimum Gasteiger partial charge on any atom is -0.459 e. The van der Waals surface area contributed by atoms with E-state index in [9.17, 15) is 4.79 Å². The van der Waals surface area contributed by atoms with E-state index in [2.05, 4.69) is 10.2 Å². The van der Waals surface area contributed by atoms with Gasteiger partial charge in [-0.2, -0.15) is 0 Å². The topological polar surface area (TPSA) is 74.5 Å². The molecule has 1 aromatic heterocycles. The molecule has 0 aliphatic heterocycles. The fourth-order valence-corrected chi connectivity index (χ4v) is 3.19. The molecule has 2 unspecified atom stereocenters. The van der Waals surface area contributed by atoms with E-state index in [1.165, 1.54) is 11.8 Å². The second kappa shape index (κ2) is 6.91. The average Bonchev–Trinajstić information content (AvgIpc) is 2.88. The first-order valence-electron chi connectivity index (χ1n) is 6.43. The molecule has 1 aliphatic rings. The van der Waals surface area contributed by atoms with E-state index in [1.54, 1.807) is 14.0 Å². The third kappa shape index (κ3) is 3.94. The Balaban J connectivity index is 1.90. The summed E-state index contributed by atoms with van der Waals surface area (Å²) in [7, 11) is 1.74. The van der Waals surface area contributed by atoms with Crippen molar-refractivity contribution in [2.75, 3.05) is 13.7 Å². The maximum absolute atomic E-state index is 11.4. The number of hydrogen-bond acceptors (Lipinski definition) is 7. The monoisotopic (exact) mass is 286 g/mol. The van der Waals surface area contributed by atoms with Crippen LogP contribution < -0.4 is 0 Å². The molecule has 19 heavy (non-hydrogen) atoms. The average molecular weight is 286 g/mol. The molecule has 7 heteroatoms. The zero-order valence-electron chi connectivity index (χ0n) is 11.1. The van der Waals surface area contributed by atoms with Crippen LogP contribution in [0.15, 0.2) is 9.64 Å². The normalized spacial score (nSPS) is 23.3. The fourth-order valence-electron chi connectivity index (χ4n) is 2.10. The van der Waals surface area contributed by atoms with E-state index >= 15 is 0 Å². The Kier molecular flexibility index (Phi) is 5.21. The van der Waals surface area contributed by atoms with Crippen molar-refractivity contribution < 1.29 is 18.7 Å². The maximum atomic E-state index is 11.4. The van der Waals surface area contributed by atoms with Gasteiger partial charge in [-0.15, -0.1) is 5.10 Å². The molecule has 0 bridgehead atoms. The molecule has 1 saturated carbocycles. The van der Waals surface area contributed by atoms with Crippen molar-refractivity contribution in [3.05, 3.63) is 5.89 Å². The molecule has 0 saturated heterocycles. The van der Waals surface area contributed by atoms with Crippen molar-refractivity contribution in [1.82, 2.24) is 10.2 Å². The lowest BCUT2D eigenvalue weighted by Crippen LogP contribution is -2.23. The van der Waals surface area contributed by atoms with Gasteiger partial charge in [-0.25, -0.2) is 4.79 Å². The Morgan fingerprint density at radius 1 is 1.47 bits per heavy atom. The smallest absolute Gasteiger partial charge is 0.396 e. The van der Waals surface area contributed by atoms with Crippen molar-refractivity contribution >= 4 is 17.7 Å². The van der Waals surface area contributed by atoms with Gasteiger partial charge >= 0.3 is 11.9 Å². The van der Waals surface area contributed by atoms with Gasteiger partial charge in [0.15, 0.2) is 0 Å². The molecule has 2 atom stereocenters. The molecule has 1 heterocycles. The Labute approximate surface area is 116 Å². The number of carbonyl (C=O) groups is 1. The van der Waals surface area contributed by atoms with E-state index in [0.717, 1.165) is 25.7 Å². The van der Waals surface area contributed by atoms with Crippen molar-refractivity contribution in [2.24, 2.45) is 0 Å². The number of nitrogens with zero attached hydrogens (tertiary/aromatic N) is 2. The highest BCUT2D eigenvalue weighted by Gasteiger charge is 2.25. The number of carbonyl (C=O) groups excluding carboxylic acids is 1. The molecule has 6 nitrogen and oxygen atoms in total. The van der Waals surface area contributed by atoms with Crippen LogP contribution in [0.25, 0.3) is 0 Å². The van der Waals surface area contributed by atoms with Gasteiger partial charge in [0.2, 0.25) is 0 Å². The number of ether oxygens (including phenoxy) is 2. The summed E-state index contributed by atoms with van der Waals surface area (Å²) in [5, 5.41) is 8.38. The highest BCUT2D eigenvalue weighted by molar-refractivity contribution is 7.99. The molecule has 0 radical (unpaired) electrons. The van der Waals surface area contributed by atoms with Crippen LogP contribution in [0.4, 0.5) is 0 Å². The lowest BCUT2D eigenvalue weighted by Gasteiger charge is -2.26. The molecule has 0 N–H and O–H groups in total. The largest absolute Gasteiger partial charge is 0.459 e. The third-order valence-electron chi connectivity index (χ3n) is 3.04. The molecule has 1 aromatic rings. The maximum Gasteiger partial charge on any atom is 0.396 e. The van der Waals surface area contributed by atoms with E-state index in [1.807, 2.05) is 0 Å². The summed E-state index contributed by atoms with van der Waals surface area (Å²) in [4.78, 5) is 11.4. The summed E-state index contributed by atoms with van der Waals surface area (Å²) in [5.74, 6) is -0.649. The van der Waals surface area contributed by atoms with Crippen LogP contribution in [0.2, 0.25) is 0 Å². The molecule has 0 amide bonds. The number of rotatable bonds is 5. The van der Waals surface area contributed by atoms with Gasteiger partial charge in [0.25, 0.3) is 5.22 Å². The summed E-state index contributed by atoms with van der Waals surface area (Å²) in [6, 6.07) is 0. The van der Waals surface area contributed by atoms with Gasteiger partial charge in [0, 0.05) is 12.4 Å². The highest BCUT2D eigenvalue weighted by Crippen LogP contribution is 2.33. The number of methoxy groups -OCH3 is 1. The van der Waals surface area contributed by atoms with Gasteiger partial charge in [-0.1, -0.05) is 16.9 Å². The summed E-state index contributed by atoms with van der Waals surface area (Å²) < 4.78 is 15.5. The SMILES string of the molecule is CCOC(=O)c1nnc(SC2CCCC(OC)C2)o1. The summed E-state index contributed by atoms with van der Waals surface area (Å²) >= 11 is 1.51. The van der Waals surface area contributed by atoms with Crippen molar-refractivity contribution in [1.29, 1.82) is 0 Å². The predicted molar refractivity (Wildman–Crippen MR) is 69.2 cm³/mol. The van der Waals surface area contributed by atoms with Gasteiger partial charge in [0.1, 0.15) is 0 Å². The van der Waals surface area contributed by atoms with E-state index < -0.39 is 5.97 Å². The van der Waals surface area contributed by atoms with Crippen LogP contribution in [0, 0.1) is 0 Å². The number of hydrogen-bond donors (Lipinski definition) is 0. The van der Waals surface area contributed by atoms with Crippen LogP contribution in [0.3, 0.4) is 0 Å².